The molecule has 1 nitrogen and oxygen atoms in total. The first-order valence-electron chi connectivity index (χ1n) is 4.03. The average molecular weight is 262 g/mol. The molecule has 0 amide bonds. The minimum atomic E-state index is 0.240. The van der Waals surface area contributed by atoms with Crippen molar-refractivity contribution < 1.29 is 4.79 Å². The smallest absolute Gasteiger partial charge is 0.120 e. The Morgan fingerprint density at radius 1 is 1.62 bits per heavy atom. The fourth-order valence-electron chi connectivity index (χ4n) is 1.17. The molecule has 0 saturated carbocycles. The van der Waals surface area contributed by atoms with Gasteiger partial charge in [0.15, 0.2) is 0 Å². The molecule has 0 spiro atoms. The number of hydrogen-bond acceptors (Lipinski definition) is 1. The maximum absolute atomic E-state index is 10.3. The van der Waals surface area contributed by atoms with E-state index in [0.29, 0.717) is 11.4 Å². The zero-order valence-electron chi connectivity index (χ0n) is 7.26. The second-order valence-electron chi connectivity index (χ2n) is 2.97. The molecule has 3 heteroatoms. The number of rotatable bonds is 3. The summed E-state index contributed by atoms with van der Waals surface area (Å²) in [6, 6.07) is 5.63. The highest BCUT2D eigenvalue weighted by molar-refractivity contribution is 9.10. The Morgan fingerprint density at radius 3 is 2.85 bits per heavy atom. The van der Waals surface area contributed by atoms with Gasteiger partial charge in [-0.05, 0) is 23.6 Å². The maximum atomic E-state index is 10.3. The first-order chi connectivity index (χ1) is 6.15. The van der Waals surface area contributed by atoms with Crippen molar-refractivity contribution in [3.05, 3.63) is 33.3 Å². The normalized spacial score (nSPS) is 12.5. The molecular weight excluding hydrogens is 251 g/mol. The maximum Gasteiger partial charge on any atom is 0.120 e. The van der Waals surface area contributed by atoms with E-state index in [1.807, 2.05) is 25.1 Å². The standard InChI is InChI=1S/C10H10BrClO/c1-7(4-5-13)9-3-2-8(12)6-10(9)11/h2-3,5-7H,4H2,1H3. The topological polar surface area (TPSA) is 17.1 Å². The number of halogens is 2. The van der Waals surface area contributed by atoms with Gasteiger partial charge in [-0.1, -0.05) is 40.5 Å². The van der Waals surface area contributed by atoms with Crippen molar-refractivity contribution in [2.75, 3.05) is 0 Å². The highest BCUT2D eigenvalue weighted by Gasteiger charge is 2.08. The van der Waals surface area contributed by atoms with E-state index in [0.717, 1.165) is 16.3 Å². The first-order valence-corrected chi connectivity index (χ1v) is 5.21. The highest BCUT2D eigenvalue weighted by Crippen LogP contribution is 2.28. The van der Waals surface area contributed by atoms with Gasteiger partial charge in [0.1, 0.15) is 6.29 Å². The van der Waals surface area contributed by atoms with E-state index < -0.39 is 0 Å². The Morgan fingerprint density at radius 2 is 2.31 bits per heavy atom. The summed E-state index contributed by atoms with van der Waals surface area (Å²) in [6.07, 6.45) is 1.48. The second-order valence-corrected chi connectivity index (χ2v) is 4.26. The molecule has 1 atom stereocenters. The van der Waals surface area contributed by atoms with E-state index >= 15 is 0 Å². The van der Waals surface area contributed by atoms with Crippen LogP contribution in [-0.2, 0) is 4.79 Å². The largest absolute Gasteiger partial charge is 0.303 e. The fourth-order valence-corrected chi connectivity index (χ4v) is 2.25. The Hall–Kier alpha value is -0.340. The predicted octanol–water partition coefficient (Wildman–Crippen LogP) is 3.80. The third-order valence-electron chi connectivity index (χ3n) is 1.94. The minimum Gasteiger partial charge on any atom is -0.303 e. The van der Waals surface area contributed by atoms with E-state index in [-0.39, 0.29) is 5.92 Å². The summed E-state index contributed by atoms with van der Waals surface area (Å²) >= 11 is 9.22. The van der Waals surface area contributed by atoms with Crippen molar-refractivity contribution in [3.63, 3.8) is 0 Å². The van der Waals surface area contributed by atoms with Crippen LogP contribution in [0.4, 0.5) is 0 Å². The van der Waals surface area contributed by atoms with Crippen LogP contribution in [0.3, 0.4) is 0 Å². The van der Waals surface area contributed by atoms with Gasteiger partial charge in [-0.3, -0.25) is 0 Å². The van der Waals surface area contributed by atoms with E-state index in [1.54, 1.807) is 0 Å². The third kappa shape index (κ3) is 2.82. The molecule has 1 aromatic carbocycles. The van der Waals surface area contributed by atoms with Crippen molar-refractivity contribution in [3.8, 4) is 0 Å². The summed E-state index contributed by atoms with van der Waals surface area (Å²) in [4.78, 5) is 10.3. The van der Waals surface area contributed by atoms with Crippen LogP contribution in [0.1, 0.15) is 24.8 Å². The summed E-state index contributed by atoms with van der Waals surface area (Å²) in [5, 5.41) is 0.703. The number of carbonyl (C=O) groups is 1. The van der Waals surface area contributed by atoms with E-state index in [4.69, 9.17) is 11.6 Å². The van der Waals surface area contributed by atoms with Crippen LogP contribution < -0.4 is 0 Å². The molecule has 0 radical (unpaired) electrons. The van der Waals surface area contributed by atoms with Crippen LogP contribution in [0.25, 0.3) is 0 Å². The predicted molar refractivity (Wildman–Crippen MR) is 58.2 cm³/mol. The lowest BCUT2D eigenvalue weighted by Crippen LogP contribution is -1.95. The molecule has 0 aliphatic heterocycles. The van der Waals surface area contributed by atoms with Crippen molar-refractivity contribution in [2.45, 2.75) is 19.3 Å². The lowest BCUT2D eigenvalue weighted by Gasteiger charge is -2.10. The molecule has 0 N–H and O–H groups in total. The Labute approximate surface area is 91.2 Å². The van der Waals surface area contributed by atoms with Crippen molar-refractivity contribution in [1.82, 2.24) is 0 Å². The van der Waals surface area contributed by atoms with Gasteiger partial charge in [0.25, 0.3) is 0 Å². The molecule has 0 bridgehead atoms. The first kappa shape index (κ1) is 10.7. The van der Waals surface area contributed by atoms with Gasteiger partial charge in [-0.25, -0.2) is 0 Å². The molecule has 13 heavy (non-hydrogen) atoms. The lowest BCUT2D eigenvalue weighted by atomic mass is 9.99. The number of carbonyl (C=O) groups excluding carboxylic acids is 1. The van der Waals surface area contributed by atoms with Crippen LogP contribution in [0.15, 0.2) is 22.7 Å². The second kappa shape index (κ2) is 4.77. The summed E-state index contributed by atoms with van der Waals surface area (Å²) < 4.78 is 0.967. The molecule has 0 aliphatic rings. The van der Waals surface area contributed by atoms with Gasteiger partial charge in [-0.15, -0.1) is 0 Å². The van der Waals surface area contributed by atoms with Gasteiger partial charge in [-0.2, -0.15) is 0 Å². The average Bonchev–Trinajstić information content (AvgIpc) is 2.04. The highest BCUT2D eigenvalue weighted by atomic mass is 79.9. The van der Waals surface area contributed by atoms with Gasteiger partial charge < -0.3 is 4.79 Å². The summed E-state index contributed by atoms with van der Waals surface area (Å²) in [7, 11) is 0. The lowest BCUT2D eigenvalue weighted by molar-refractivity contribution is -0.108. The molecule has 0 saturated heterocycles. The van der Waals surface area contributed by atoms with Crippen molar-refractivity contribution in [2.24, 2.45) is 0 Å². The quantitative estimate of drug-likeness (QED) is 0.757. The Balaban J connectivity index is 2.94. The molecule has 1 aromatic rings. The Kier molecular flexibility index (Phi) is 3.94. The van der Waals surface area contributed by atoms with Crippen LogP contribution in [0, 0.1) is 0 Å². The van der Waals surface area contributed by atoms with Crippen LogP contribution in [0.2, 0.25) is 5.02 Å². The molecule has 0 aliphatic carbocycles. The molecule has 0 aromatic heterocycles. The third-order valence-corrected chi connectivity index (χ3v) is 2.87. The van der Waals surface area contributed by atoms with E-state index in [9.17, 15) is 4.79 Å². The SMILES string of the molecule is CC(CC=O)c1ccc(Cl)cc1Br. The fraction of sp³-hybridized carbons (Fsp3) is 0.300. The molecule has 0 heterocycles. The molecule has 1 unspecified atom stereocenters. The van der Waals surface area contributed by atoms with Crippen molar-refractivity contribution in [1.29, 1.82) is 0 Å². The van der Waals surface area contributed by atoms with Gasteiger partial charge in [0.2, 0.25) is 0 Å². The number of benzene rings is 1. The van der Waals surface area contributed by atoms with E-state index in [2.05, 4.69) is 15.9 Å². The molecule has 1 rings (SSSR count). The Bertz CT molecular complexity index is 312. The number of aldehydes is 1. The monoisotopic (exact) mass is 260 g/mol. The van der Waals surface area contributed by atoms with Crippen molar-refractivity contribution >= 4 is 33.8 Å². The summed E-state index contributed by atoms with van der Waals surface area (Å²) in [6.45, 7) is 2.02. The summed E-state index contributed by atoms with van der Waals surface area (Å²) in [5.74, 6) is 0.240. The molecular formula is C10H10BrClO. The van der Waals surface area contributed by atoms with Crippen LogP contribution >= 0.6 is 27.5 Å². The van der Waals surface area contributed by atoms with Gasteiger partial charge >= 0.3 is 0 Å². The van der Waals surface area contributed by atoms with Crippen LogP contribution in [0.5, 0.6) is 0 Å². The zero-order chi connectivity index (χ0) is 9.84. The molecule has 70 valence electrons. The van der Waals surface area contributed by atoms with Gasteiger partial charge in [0, 0.05) is 15.9 Å². The van der Waals surface area contributed by atoms with Gasteiger partial charge in [0.05, 0.1) is 0 Å². The minimum absolute atomic E-state index is 0.240. The number of hydrogen-bond donors (Lipinski definition) is 0. The van der Waals surface area contributed by atoms with Crippen LogP contribution in [-0.4, -0.2) is 6.29 Å². The van der Waals surface area contributed by atoms with E-state index in [1.165, 1.54) is 0 Å². The molecule has 0 fully saturated rings. The zero-order valence-corrected chi connectivity index (χ0v) is 9.60. The summed E-state index contributed by atoms with van der Waals surface area (Å²) in [5.41, 5.74) is 1.12.